The molecule has 0 bridgehead atoms. The van der Waals surface area contributed by atoms with E-state index in [-0.39, 0.29) is 17.5 Å². The van der Waals surface area contributed by atoms with Crippen LogP contribution in [0.2, 0.25) is 0 Å². The first kappa shape index (κ1) is 20.6. The quantitative estimate of drug-likeness (QED) is 0.805. The van der Waals surface area contributed by atoms with Crippen molar-refractivity contribution < 1.29 is 14.7 Å². The van der Waals surface area contributed by atoms with Crippen molar-refractivity contribution in [1.29, 1.82) is 0 Å². The summed E-state index contributed by atoms with van der Waals surface area (Å²) in [6, 6.07) is 8.38. The molecule has 3 rings (SSSR count). The van der Waals surface area contributed by atoms with Crippen molar-refractivity contribution in [1.82, 2.24) is 20.2 Å². The van der Waals surface area contributed by atoms with Crippen LogP contribution in [0.4, 0.5) is 10.6 Å². The van der Waals surface area contributed by atoms with Gasteiger partial charge in [0.2, 0.25) is 0 Å². The Morgan fingerprint density at radius 2 is 1.76 bits per heavy atom. The maximum atomic E-state index is 12.5. The van der Waals surface area contributed by atoms with E-state index < -0.39 is 5.97 Å². The topological polar surface area (TPSA) is 98.7 Å². The molecule has 2 aromatic rings. The van der Waals surface area contributed by atoms with Gasteiger partial charge in [-0.15, -0.1) is 0 Å². The molecule has 1 aliphatic rings. The lowest BCUT2D eigenvalue weighted by Crippen LogP contribution is -2.52. The number of benzene rings is 1. The fraction of sp³-hybridized carbons (Fsp3) is 0.429. The molecule has 8 nitrogen and oxygen atoms in total. The summed E-state index contributed by atoms with van der Waals surface area (Å²) < 4.78 is 0. The average molecular weight is 397 g/mol. The van der Waals surface area contributed by atoms with Gasteiger partial charge >= 0.3 is 12.0 Å². The summed E-state index contributed by atoms with van der Waals surface area (Å²) in [7, 11) is 0. The third-order valence-electron chi connectivity index (χ3n) is 4.91. The monoisotopic (exact) mass is 397 g/mol. The molecule has 1 fully saturated rings. The summed E-state index contributed by atoms with van der Waals surface area (Å²) in [4.78, 5) is 36.5. The number of carboxylic acid groups (broad SMARTS) is 1. The minimum atomic E-state index is -0.960. The van der Waals surface area contributed by atoms with Crippen molar-refractivity contribution >= 4 is 17.8 Å². The molecular formula is C21H27N5O3. The number of hydrogen-bond acceptors (Lipinski definition) is 5. The van der Waals surface area contributed by atoms with Crippen LogP contribution >= 0.6 is 0 Å². The van der Waals surface area contributed by atoms with Crippen LogP contribution < -0.4 is 10.2 Å². The van der Waals surface area contributed by atoms with Crippen LogP contribution in [0.3, 0.4) is 0 Å². The molecule has 8 heteroatoms. The van der Waals surface area contributed by atoms with Gasteiger partial charge in [0, 0.05) is 50.4 Å². The number of aryl methyl sites for hydroxylation is 1. The van der Waals surface area contributed by atoms with Gasteiger partial charge in [-0.3, -0.25) is 0 Å². The summed E-state index contributed by atoms with van der Waals surface area (Å²) in [5, 5.41) is 11.8. The van der Waals surface area contributed by atoms with Crippen molar-refractivity contribution in [3.8, 4) is 0 Å². The van der Waals surface area contributed by atoms with E-state index in [4.69, 9.17) is 5.11 Å². The molecule has 1 saturated heterocycles. The average Bonchev–Trinajstić information content (AvgIpc) is 2.72. The van der Waals surface area contributed by atoms with Crippen LogP contribution in [0.25, 0.3) is 0 Å². The number of aromatic nitrogens is 2. The van der Waals surface area contributed by atoms with E-state index >= 15 is 0 Å². The third-order valence-corrected chi connectivity index (χ3v) is 4.91. The van der Waals surface area contributed by atoms with Gasteiger partial charge in [0.25, 0.3) is 0 Å². The number of rotatable bonds is 5. The molecule has 0 unspecified atom stereocenters. The van der Waals surface area contributed by atoms with Crippen LogP contribution in [-0.4, -0.2) is 58.2 Å². The number of carbonyl (C=O) groups is 2. The van der Waals surface area contributed by atoms with Gasteiger partial charge < -0.3 is 20.2 Å². The molecule has 1 aliphatic heterocycles. The Labute approximate surface area is 170 Å². The lowest BCUT2D eigenvalue weighted by molar-refractivity contribution is 0.0697. The molecule has 0 saturated carbocycles. The van der Waals surface area contributed by atoms with E-state index in [9.17, 15) is 9.59 Å². The van der Waals surface area contributed by atoms with Crippen LogP contribution in [0, 0.1) is 6.92 Å². The van der Waals surface area contributed by atoms with Gasteiger partial charge in [-0.1, -0.05) is 26.0 Å². The zero-order chi connectivity index (χ0) is 21.0. The molecule has 0 aliphatic carbocycles. The predicted octanol–water partition coefficient (Wildman–Crippen LogP) is 2.64. The van der Waals surface area contributed by atoms with Crippen molar-refractivity contribution in [2.24, 2.45) is 0 Å². The number of piperazine rings is 1. The number of carboxylic acids is 1. The minimum absolute atomic E-state index is 0.117. The number of anilines is 1. The van der Waals surface area contributed by atoms with E-state index in [1.165, 1.54) is 12.1 Å². The van der Waals surface area contributed by atoms with E-state index in [0.29, 0.717) is 32.7 Å². The largest absolute Gasteiger partial charge is 0.478 e. The number of carbonyl (C=O) groups excluding carboxylic acids is 1. The highest BCUT2D eigenvalue weighted by atomic mass is 16.4. The van der Waals surface area contributed by atoms with Crippen molar-refractivity contribution in [2.75, 3.05) is 31.1 Å². The van der Waals surface area contributed by atoms with Gasteiger partial charge in [-0.2, -0.15) is 0 Å². The summed E-state index contributed by atoms with van der Waals surface area (Å²) in [5.41, 5.74) is 2.05. The molecule has 0 atom stereocenters. The highest BCUT2D eigenvalue weighted by Gasteiger charge is 2.22. The van der Waals surface area contributed by atoms with Gasteiger partial charge in [0.15, 0.2) is 0 Å². The number of hydrogen-bond donors (Lipinski definition) is 2. The summed E-state index contributed by atoms with van der Waals surface area (Å²) in [5.74, 6) is 1.07. The highest BCUT2D eigenvalue weighted by Crippen LogP contribution is 2.18. The van der Waals surface area contributed by atoms with Gasteiger partial charge in [0.05, 0.1) is 5.56 Å². The first-order chi connectivity index (χ1) is 13.8. The molecule has 29 heavy (non-hydrogen) atoms. The lowest BCUT2D eigenvalue weighted by Gasteiger charge is -2.35. The molecule has 2 N–H and O–H groups in total. The molecule has 0 spiro atoms. The second-order valence-corrected chi connectivity index (χ2v) is 7.52. The number of nitrogens with zero attached hydrogens (tertiary/aromatic N) is 4. The first-order valence-corrected chi connectivity index (χ1v) is 9.79. The van der Waals surface area contributed by atoms with E-state index in [1.54, 1.807) is 17.0 Å². The molecule has 2 heterocycles. The standard InChI is InChI=1S/C21H27N5O3/c1-14(2)19-23-15(3)12-18(24-19)25-8-10-26(11-9-25)21(29)22-13-16-4-6-17(7-5-16)20(27)28/h4-7,12,14H,8-11,13H2,1-3H3,(H,22,29)(H,27,28). The Balaban J connectivity index is 1.52. The maximum absolute atomic E-state index is 12.5. The van der Waals surface area contributed by atoms with Gasteiger partial charge in [-0.05, 0) is 24.6 Å². The zero-order valence-electron chi connectivity index (χ0n) is 17.1. The molecule has 154 valence electrons. The maximum Gasteiger partial charge on any atom is 0.335 e. The van der Waals surface area contributed by atoms with Crippen molar-refractivity contribution in [2.45, 2.75) is 33.2 Å². The second kappa shape index (κ2) is 8.89. The first-order valence-electron chi connectivity index (χ1n) is 9.79. The van der Waals surface area contributed by atoms with E-state index in [0.717, 1.165) is 22.9 Å². The van der Waals surface area contributed by atoms with Crippen LogP contribution in [-0.2, 0) is 6.54 Å². The molecular weight excluding hydrogens is 370 g/mol. The third kappa shape index (κ3) is 5.22. The number of nitrogens with one attached hydrogen (secondary N) is 1. The SMILES string of the molecule is Cc1cc(N2CCN(C(=O)NCc3ccc(C(=O)O)cc3)CC2)nc(C(C)C)n1. The summed E-state index contributed by atoms with van der Waals surface area (Å²) >= 11 is 0. The highest BCUT2D eigenvalue weighted by molar-refractivity contribution is 5.87. The Morgan fingerprint density at radius 1 is 1.10 bits per heavy atom. The lowest BCUT2D eigenvalue weighted by atomic mass is 10.1. The normalized spacial score (nSPS) is 14.2. The fourth-order valence-electron chi connectivity index (χ4n) is 3.19. The Hall–Kier alpha value is -3.16. The Kier molecular flexibility index (Phi) is 6.31. The second-order valence-electron chi connectivity index (χ2n) is 7.52. The van der Waals surface area contributed by atoms with Crippen molar-refractivity contribution in [3.63, 3.8) is 0 Å². The van der Waals surface area contributed by atoms with Crippen LogP contribution in [0.5, 0.6) is 0 Å². The fourth-order valence-corrected chi connectivity index (χ4v) is 3.19. The molecule has 1 aromatic carbocycles. The zero-order valence-corrected chi connectivity index (χ0v) is 17.1. The summed E-state index contributed by atoms with van der Waals surface area (Å²) in [6.07, 6.45) is 0. The number of amides is 2. The van der Waals surface area contributed by atoms with Crippen LogP contribution in [0.1, 0.15) is 47.2 Å². The predicted molar refractivity (Wildman–Crippen MR) is 110 cm³/mol. The smallest absolute Gasteiger partial charge is 0.335 e. The number of urea groups is 1. The summed E-state index contributed by atoms with van der Waals surface area (Å²) in [6.45, 7) is 9.16. The van der Waals surface area contributed by atoms with Gasteiger partial charge in [-0.25, -0.2) is 19.6 Å². The number of aromatic carboxylic acids is 1. The Bertz CT molecular complexity index is 874. The molecule has 1 aromatic heterocycles. The van der Waals surface area contributed by atoms with Gasteiger partial charge in [0.1, 0.15) is 11.6 Å². The van der Waals surface area contributed by atoms with E-state index in [2.05, 4.69) is 34.0 Å². The minimum Gasteiger partial charge on any atom is -0.478 e. The van der Waals surface area contributed by atoms with Crippen molar-refractivity contribution in [3.05, 3.63) is 53.0 Å². The van der Waals surface area contributed by atoms with Crippen LogP contribution in [0.15, 0.2) is 30.3 Å². The molecule has 0 radical (unpaired) electrons. The van der Waals surface area contributed by atoms with E-state index in [1.807, 2.05) is 13.0 Å². The Morgan fingerprint density at radius 3 is 2.34 bits per heavy atom. The molecule has 2 amide bonds.